The summed E-state index contributed by atoms with van der Waals surface area (Å²) >= 11 is 6.15. The molecule has 1 N–H and O–H groups in total. The second kappa shape index (κ2) is 8.99. The van der Waals surface area contributed by atoms with E-state index in [0.29, 0.717) is 24.3 Å². The van der Waals surface area contributed by atoms with Crippen molar-refractivity contribution in [1.82, 2.24) is 4.31 Å². The SMILES string of the molecule is Cc1c(NC(=O)COc2ccc(S(=O)(=O)N3CCCC3)cc2Cl)cccc1[N+](=O)[O-]. The van der Waals surface area contributed by atoms with Crippen molar-refractivity contribution in [3.8, 4) is 5.75 Å². The van der Waals surface area contributed by atoms with Crippen LogP contribution >= 0.6 is 11.6 Å². The summed E-state index contributed by atoms with van der Waals surface area (Å²) < 4.78 is 32.0. The normalized spacial score (nSPS) is 14.5. The Kier molecular flexibility index (Phi) is 6.59. The molecule has 0 bridgehead atoms. The van der Waals surface area contributed by atoms with Gasteiger partial charge in [0.2, 0.25) is 10.0 Å². The van der Waals surface area contributed by atoms with Crippen LogP contribution in [0.25, 0.3) is 0 Å². The Morgan fingerprint density at radius 2 is 1.97 bits per heavy atom. The Hall–Kier alpha value is -2.69. The Morgan fingerprint density at radius 3 is 2.60 bits per heavy atom. The quantitative estimate of drug-likeness (QED) is 0.507. The van der Waals surface area contributed by atoms with E-state index in [2.05, 4.69) is 5.32 Å². The van der Waals surface area contributed by atoms with Gasteiger partial charge in [-0.3, -0.25) is 14.9 Å². The Labute approximate surface area is 178 Å². The minimum absolute atomic E-state index is 0.0644. The monoisotopic (exact) mass is 453 g/mol. The number of hydrogen-bond acceptors (Lipinski definition) is 6. The summed E-state index contributed by atoms with van der Waals surface area (Å²) in [5.74, 6) is -0.383. The average molecular weight is 454 g/mol. The number of nitro benzene ring substituents is 1. The molecule has 0 unspecified atom stereocenters. The number of hydrogen-bond donors (Lipinski definition) is 1. The van der Waals surface area contributed by atoms with E-state index in [1.807, 2.05) is 0 Å². The van der Waals surface area contributed by atoms with Gasteiger partial charge in [0.1, 0.15) is 5.75 Å². The van der Waals surface area contributed by atoms with E-state index in [1.165, 1.54) is 41.6 Å². The summed E-state index contributed by atoms with van der Waals surface area (Å²) in [5.41, 5.74) is 0.521. The zero-order valence-electron chi connectivity index (χ0n) is 16.1. The molecule has 1 fully saturated rings. The van der Waals surface area contributed by atoms with Gasteiger partial charge < -0.3 is 10.1 Å². The van der Waals surface area contributed by atoms with Crippen molar-refractivity contribution in [3.05, 3.63) is 57.1 Å². The maximum Gasteiger partial charge on any atom is 0.274 e. The van der Waals surface area contributed by atoms with Crippen LogP contribution in [0.2, 0.25) is 5.02 Å². The van der Waals surface area contributed by atoms with Crippen molar-refractivity contribution in [2.45, 2.75) is 24.7 Å². The number of amides is 1. The molecule has 0 aromatic heterocycles. The van der Waals surface area contributed by atoms with Crippen LogP contribution < -0.4 is 10.1 Å². The minimum Gasteiger partial charge on any atom is -0.482 e. The molecule has 0 atom stereocenters. The summed E-state index contributed by atoms with van der Waals surface area (Å²) in [6.07, 6.45) is 1.65. The molecule has 30 heavy (non-hydrogen) atoms. The molecule has 1 aliphatic heterocycles. The zero-order chi connectivity index (χ0) is 21.9. The number of ether oxygens (including phenoxy) is 1. The third-order valence-electron chi connectivity index (χ3n) is 4.74. The maximum absolute atomic E-state index is 12.6. The molecule has 0 saturated carbocycles. The predicted octanol–water partition coefficient (Wildman–Crippen LogP) is 3.36. The maximum atomic E-state index is 12.6. The van der Waals surface area contributed by atoms with Gasteiger partial charge in [0.15, 0.2) is 6.61 Å². The minimum atomic E-state index is -3.61. The molecule has 0 aliphatic carbocycles. The van der Waals surface area contributed by atoms with Crippen LogP contribution in [0.15, 0.2) is 41.3 Å². The Balaban J connectivity index is 1.66. The van der Waals surface area contributed by atoms with Crippen LogP contribution in [0.3, 0.4) is 0 Å². The van der Waals surface area contributed by atoms with Crippen LogP contribution in [-0.4, -0.2) is 43.2 Å². The van der Waals surface area contributed by atoms with E-state index in [-0.39, 0.29) is 21.4 Å². The highest BCUT2D eigenvalue weighted by atomic mass is 35.5. The molecule has 0 radical (unpaired) electrons. The number of nitrogens with zero attached hydrogens (tertiary/aromatic N) is 2. The fraction of sp³-hybridized carbons (Fsp3) is 0.316. The first-order valence-electron chi connectivity index (χ1n) is 9.16. The van der Waals surface area contributed by atoms with E-state index < -0.39 is 27.5 Å². The molecule has 1 aliphatic rings. The Bertz CT molecular complexity index is 1080. The number of sulfonamides is 1. The van der Waals surface area contributed by atoms with Gasteiger partial charge in [-0.15, -0.1) is 0 Å². The standard InChI is InChI=1S/C19H20ClN3O6S/c1-13-16(5-4-6-17(13)23(25)26)21-19(24)12-29-18-8-7-14(11-15(18)20)30(27,28)22-9-2-3-10-22/h4-8,11H,2-3,9-10,12H2,1H3,(H,21,24). The van der Waals surface area contributed by atoms with Gasteiger partial charge in [-0.05, 0) is 44.0 Å². The fourth-order valence-corrected chi connectivity index (χ4v) is 4.97. The number of nitrogens with one attached hydrogen (secondary N) is 1. The van der Waals surface area contributed by atoms with Crippen molar-refractivity contribution in [3.63, 3.8) is 0 Å². The summed E-state index contributed by atoms with van der Waals surface area (Å²) in [6, 6.07) is 8.45. The number of benzene rings is 2. The van der Waals surface area contributed by atoms with Crippen molar-refractivity contribution in [2.24, 2.45) is 0 Å². The van der Waals surface area contributed by atoms with Crippen LogP contribution in [0.1, 0.15) is 18.4 Å². The van der Waals surface area contributed by atoms with E-state index >= 15 is 0 Å². The smallest absolute Gasteiger partial charge is 0.274 e. The first kappa shape index (κ1) is 22.0. The summed E-state index contributed by atoms with van der Waals surface area (Å²) in [6.45, 7) is 2.09. The molecule has 9 nitrogen and oxygen atoms in total. The molecule has 2 aromatic rings. The highest BCUT2D eigenvalue weighted by Crippen LogP contribution is 2.30. The first-order chi connectivity index (χ1) is 14.2. The first-order valence-corrected chi connectivity index (χ1v) is 11.0. The van der Waals surface area contributed by atoms with E-state index in [1.54, 1.807) is 6.07 Å². The van der Waals surface area contributed by atoms with Crippen molar-refractivity contribution >= 4 is 38.9 Å². The van der Waals surface area contributed by atoms with Gasteiger partial charge in [-0.25, -0.2) is 8.42 Å². The molecular formula is C19H20ClN3O6S. The number of halogens is 1. The number of rotatable bonds is 7. The van der Waals surface area contributed by atoms with E-state index in [4.69, 9.17) is 16.3 Å². The van der Waals surface area contributed by atoms with Crippen molar-refractivity contribution in [2.75, 3.05) is 25.0 Å². The van der Waals surface area contributed by atoms with Crippen molar-refractivity contribution in [1.29, 1.82) is 0 Å². The zero-order valence-corrected chi connectivity index (χ0v) is 17.7. The van der Waals surface area contributed by atoms with E-state index in [9.17, 15) is 23.3 Å². The van der Waals surface area contributed by atoms with Gasteiger partial charge in [0, 0.05) is 19.2 Å². The Morgan fingerprint density at radius 1 is 1.27 bits per heavy atom. The third kappa shape index (κ3) is 4.72. The fourth-order valence-electron chi connectivity index (χ4n) is 3.12. The third-order valence-corrected chi connectivity index (χ3v) is 6.93. The molecule has 2 aromatic carbocycles. The van der Waals surface area contributed by atoms with E-state index in [0.717, 1.165) is 12.8 Å². The van der Waals surface area contributed by atoms with Gasteiger partial charge >= 0.3 is 0 Å². The lowest BCUT2D eigenvalue weighted by molar-refractivity contribution is -0.385. The van der Waals surface area contributed by atoms with Crippen molar-refractivity contribution < 1.29 is 22.9 Å². The largest absolute Gasteiger partial charge is 0.482 e. The summed E-state index contributed by atoms with van der Waals surface area (Å²) in [7, 11) is -3.61. The number of anilines is 1. The molecule has 0 spiro atoms. The van der Waals surface area contributed by atoms with Crippen LogP contribution in [0.5, 0.6) is 5.75 Å². The number of carbonyl (C=O) groups is 1. The lowest BCUT2D eigenvalue weighted by Crippen LogP contribution is -2.27. The number of carbonyl (C=O) groups excluding carboxylic acids is 1. The van der Waals surface area contributed by atoms with Crippen LogP contribution in [-0.2, 0) is 14.8 Å². The average Bonchev–Trinajstić information content (AvgIpc) is 3.24. The van der Waals surface area contributed by atoms with Crippen LogP contribution in [0, 0.1) is 17.0 Å². The number of nitro groups is 1. The highest BCUT2D eigenvalue weighted by molar-refractivity contribution is 7.89. The van der Waals surface area contributed by atoms with Gasteiger partial charge in [-0.1, -0.05) is 17.7 Å². The molecule has 11 heteroatoms. The molecule has 1 heterocycles. The topological polar surface area (TPSA) is 119 Å². The lowest BCUT2D eigenvalue weighted by atomic mass is 10.1. The van der Waals surface area contributed by atoms with Crippen LogP contribution in [0.4, 0.5) is 11.4 Å². The van der Waals surface area contributed by atoms with Gasteiger partial charge in [-0.2, -0.15) is 4.31 Å². The highest BCUT2D eigenvalue weighted by Gasteiger charge is 2.27. The summed E-state index contributed by atoms with van der Waals surface area (Å²) in [4.78, 5) is 22.7. The lowest BCUT2D eigenvalue weighted by Gasteiger charge is -2.16. The molecular weight excluding hydrogens is 434 g/mol. The molecule has 160 valence electrons. The second-order valence-corrected chi connectivity index (χ2v) is 9.09. The molecule has 3 rings (SSSR count). The second-order valence-electron chi connectivity index (χ2n) is 6.75. The summed E-state index contributed by atoms with van der Waals surface area (Å²) in [5, 5.41) is 13.6. The van der Waals surface area contributed by atoms with Gasteiger partial charge in [0.25, 0.3) is 11.6 Å². The molecule has 1 amide bonds. The predicted molar refractivity (Wildman–Crippen MR) is 111 cm³/mol. The molecule has 1 saturated heterocycles. The van der Waals surface area contributed by atoms with Gasteiger partial charge in [0.05, 0.1) is 26.1 Å².